The second-order valence-electron chi connectivity index (χ2n) is 2.32. The number of halogens is 1. The lowest BCUT2D eigenvalue weighted by molar-refractivity contribution is -0.120. The van der Waals surface area contributed by atoms with Crippen LogP contribution in [0.1, 0.15) is 13.3 Å². The van der Waals surface area contributed by atoms with Crippen LogP contribution < -0.4 is 10.0 Å². The van der Waals surface area contributed by atoms with Crippen molar-refractivity contribution in [2.24, 2.45) is 0 Å². The van der Waals surface area contributed by atoms with Crippen molar-refractivity contribution in [3.8, 4) is 0 Å². The fourth-order valence-electron chi connectivity index (χ4n) is 0.644. The third-order valence-electron chi connectivity index (χ3n) is 1.19. The van der Waals surface area contributed by atoms with Crippen molar-refractivity contribution in [1.82, 2.24) is 10.0 Å². The summed E-state index contributed by atoms with van der Waals surface area (Å²) >= 11 is 2.82. The molecular weight excluding hydrogens is 260 g/mol. The third kappa shape index (κ3) is 6.97. The van der Waals surface area contributed by atoms with Crippen molar-refractivity contribution in [3.05, 3.63) is 0 Å². The van der Waals surface area contributed by atoms with Gasteiger partial charge in [-0.2, -0.15) is 0 Å². The zero-order valence-corrected chi connectivity index (χ0v) is 9.74. The van der Waals surface area contributed by atoms with Gasteiger partial charge in [-0.15, -0.1) is 0 Å². The van der Waals surface area contributed by atoms with Gasteiger partial charge in [0.2, 0.25) is 15.9 Å². The molecule has 0 radical (unpaired) electrons. The molecule has 0 atom stereocenters. The first-order valence-corrected chi connectivity index (χ1v) is 6.59. The molecule has 0 aliphatic carbocycles. The van der Waals surface area contributed by atoms with Crippen LogP contribution in [0, 0.1) is 0 Å². The molecule has 0 aromatic carbocycles. The van der Waals surface area contributed by atoms with Crippen molar-refractivity contribution < 1.29 is 13.2 Å². The number of hydrogen-bond acceptors (Lipinski definition) is 3. The molecule has 1 amide bonds. The van der Waals surface area contributed by atoms with E-state index in [4.69, 9.17) is 0 Å². The number of carbonyl (C=O) groups is 1. The molecule has 0 saturated carbocycles. The summed E-state index contributed by atoms with van der Waals surface area (Å²) < 4.78 is 23.8. The van der Waals surface area contributed by atoms with Crippen LogP contribution in [0.3, 0.4) is 0 Å². The molecule has 0 fully saturated rings. The van der Waals surface area contributed by atoms with E-state index >= 15 is 0 Å². The first-order chi connectivity index (χ1) is 6.02. The highest BCUT2D eigenvalue weighted by atomic mass is 79.9. The van der Waals surface area contributed by atoms with Gasteiger partial charge in [-0.3, -0.25) is 4.79 Å². The molecule has 0 spiro atoms. The van der Waals surface area contributed by atoms with E-state index in [1.165, 1.54) is 0 Å². The number of alkyl halides is 1. The highest BCUT2D eigenvalue weighted by Gasteiger charge is 2.07. The van der Waals surface area contributed by atoms with E-state index < -0.39 is 10.0 Å². The maximum atomic E-state index is 10.9. The van der Waals surface area contributed by atoms with Crippen LogP contribution in [0.25, 0.3) is 0 Å². The molecule has 0 saturated heterocycles. The maximum absolute atomic E-state index is 10.9. The van der Waals surface area contributed by atoms with Gasteiger partial charge in [0.15, 0.2) is 0 Å². The molecule has 2 N–H and O–H groups in total. The van der Waals surface area contributed by atoms with E-state index in [0.29, 0.717) is 6.54 Å². The molecule has 78 valence electrons. The van der Waals surface area contributed by atoms with E-state index in [9.17, 15) is 13.2 Å². The summed E-state index contributed by atoms with van der Waals surface area (Å²) in [4.78, 5) is 10.9. The number of carbonyl (C=O) groups excluding carboxylic acids is 1. The summed E-state index contributed by atoms with van der Waals surface area (Å²) in [6.07, 6.45) is 0.167. The zero-order valence-electron chi connectivity index (χ0n) is 7.34. The van der Waals surface area contributed by atoms with Gasteiger partial charge < -0.3 is 5.32 Å². The molecule has 0 bridgehead atoms. The van der Waals surface area contributed by atoms with Gasteiger partial charge in [0.1, 0.15) is 4.66 Å². The van der Waals surface area contributed by atoms with E-state index in [1.807, 2.05) is 0 Å². The molecular formula is C6H13BrN2O3S. The van der Waals surface area contributed by atoms with Crippen molar-refractivity contribution in [1.29, 1.82) is 0 Å². The van der Waals surface area contributed by atoms with Crippen LogP contribution in [0.5, 0.6) is 0 Å². The number of amides is 1. The Morgan fingerprint density at radius 1 is 1.46 bits per heavy atom. The molecule has 0 aromatic heterocycles. The van der Waals surface area contributed by atoms with Gasteiger partial charge in [0, 0.05) is 19.5 Å². The zero-order chi connectivity index (χ0) is 10.3. The molecule has 0 aliphatic heterocycles. The third-order valence-corrected chi connectivity index (χ3v) is 3.93. The minimum absolute atomic E-state index is 0.139. The molecule has 0 heterocycles. The summed E-state index contributed by atoms with van der Waals surface area (Å²) in [5.41, 5.74) is 0. The molecule has 0 aliphatic rings. The maximum Gasteiger partial charge on any atom is 0.221 e. The monoisotopic (exact) mass is 272 g/mol. The summed E-state index contributed by atoms with van der Waals surface area (Å²) in [6.45, 7) is 2.50. The number of hydrogen-bond donors (Lipinski definition) is 2. The molecule has 0 unspecified atom stereocenters. The summed E-state index contributed by atoms with van der Waals surface area (Å²) in [6, 6.07) is 0. The second kappa shape index (κ2) is 6.33. The van der Waals surface area contributed by atoms with Crippen LogP contribution in [0.15, 0.2) is 0 Å². The van der Waals surface area contributed by atoms with Gasteiger partial charge in [-0.1, -0.05) is 15.9 Å². The number of rotatable bonds is 6. The van der Waals surface area contributed by atoms with Gasteiger partial charge in [-0.05, 0) is 6.92 Å². The molecule has 0 rings (SSSR count). The molecule has 13 heavy (non-hydrogen) atoms. The largest absolute Gasteiger partial charge is 0.356 e. The van der Waals surface area contributed by atoms with Crippen molar-refractivity contribution >= 4 is 31.9 Å². The lowest BCUT2D eigenvalue weighted by Gasteiger charge is -2.03. The van der Waals surface area contributed by atoms with E-state index in [2.05, 4.69) is 26.0 Å². The Bertz CT molecular complexity index is 253. The summed E-state index contributed by atoms with van der Waals surface area (Å²) in [5, 5.41) is 2.56. The quantitative estimate of drug-likeness (QED) is 0.657. The van der Waals surface area contributed by atoms with Gasteiger partial charge in [-0.25, -0.2) is 13.1 Å². The van der Waals surface area contributed by atoms with Crippen LogP contribution in [0.4, 0.5) is 0 Å². The van der Waals surface area contributed by atoms with E-state index in [-0.39, 0.29) is 23.5 Å². The van der Waals surface area contributed by atoms with Crippen molar-refractivity contribution in [2.75, 3.05) is 17.8 Å². The van der Waals surface area contributed by atoms with Crippen LogP contribution in [-0.4, -0.2) is 32.1 Å². The van der Waals surface area contributed by atoms with Gasteiger partial charge in [0.05, 0.1) is 0 Å². The standard InChI is InChI=1S/C6H13BrN2O3S/c1-2-8-6(10)3-4-9-13(11,12)5-7/h9H,2-5H2,1H3,(H,8,10). The Kier molecular flexibility index (Phi) is 6.27. The SMILES string of the molecule is CCNC(=O)CCNS(=O)(=O)CBr. The number of sulfonamides is 1. The Balaban J connectivity index is 3.62. The molecule has 5 nitrogen and oxygen atoms in total. The van der Waals surface area contributed by atoms with E-state index in [1.54, 1.807) is 6.92 Å². The van der Waals surface area contributed by atoms with Crippen molar-refractivity contribution in [2.45, 2.75) is 13.3 Å². The van der Waals surface area contributed by atoms with Crippen molar-refractivity contribution in [3.63, 3.8) is 0 Å². The predicted octanol–water partition coefficient (Wildman–Crippen LogP) is -0.216. The lowest BCUT2D eigenvalue weighted by atomic mass is 10.4. The highest BCUT2D eigenvalue weighted by Crippen LogP contribution is 1.90. The minimum atomic E-state index is -3.24. The van der Waals surface area contributed by atoms with Crippen LogP contribution >= 0.6 is 15.9 Å². The summed E-state index contributed by atoms with van der Waals surface area (Å²) in [5.74, 6) is -0.153. The average molecular weight is 273 g/mol. The Labute approximate surface area is 86.5 Å². The molecule has 0 aromatic rings. The van der Waals surface area contributed by atoms with Crippen LogP contribution in [-0.2, 0) is 14.8 Å². The fourth-order valence-corrected chi connectivity index (χ4v) is 1.62. The fraction of sp³-hybridized carbons (Fsp3) is 0.833. The van der Waals surface area contributed by atoms with E-state index in [0.717, 1.165) is 0 Å². The number of nitrogens with one attached hydrogen (secondary N) is 2. The Morgan fingerprint density at radius 2 is 2.08 bits per heavy atom. The lowest BCUT2D eigenvalue weighted by Crippen LogP contribution is -2.30. The Morgan fingerprint density at radius 3 is 2.54 bits per heavy atom. The minimum Gasteiger partial charge on any atom is -0.356 e. The Hall–Kier alpha value is -0.140. The first-order valence-electron chi connectivity index (χ1n) is 3.82. The van der Waals surface area contributed by atoms with Gasteiger partial charge >= 0.3 is 0 Å². The molecule has 7 heteroatoms. The van der Waals surface area contributed by atoms with Crippen LogP contribution in [0.2, 0.25) is 0 Å². The first kappa shape index (κ1) is 12.9. The predicted molar refractivity (Wildman–Crippen MR) is 54.0 cm³/mol. The highest BCUT2D eigenvalue weighted by molar-refractivity contribution is 9.10. The normalized spacial score (nSPS) is 11.2. The van der Waals surface area contributed by atoms with Gasteiger partial charge in [0.25, 0.3) is 0 Å². The second-order valence-corrected chi connectivity index (χ2v) is 5.43. The average Bonchev–Trinajstić information content (AvgIpc) is 2.05. The smallest absolute Gasteiger partial charge is 0.221 e. The topological polar surface area (TPSA) is 75.3 Å². The summed E-state index contributed by atoms with van der Waals surface area (Å²) in [7, 11) is -3.24.